The van der Waals surface area contributed by atoms with Gasteiger partial charge in [0.15, 0.2) is 17.3 Å². The van der Waals surface area contributed by atoms with E-state index in [-0.39, 0.29) is 30.3 Å². The minimum Gasteiger partial charge on any atom is -0.504 e. The number of benzene rings is 2. The van der Waals surface area contributed by atoms with Gasteiger partial charge in [0.25, 0.3) is 0 Å². The Bertz CT molecular complexity index is 1340. The molecule has 0 saturated heterocycles. The van der Waals surface area contributed by atoms with Gasteiger partial charge < -0.3 is 29.4 Å². The molecule has 4 rings (SSSR count). The zero-order valence-electron chi connectivity index (χ0n) is 22.7. The third-order valence-corrected chi connectivity index (χ3v) is 7.14. The molecule has 9 nitrogen and oxygen atoms in total. The van der Waals surface area contributed by atoms with Crippen molar-refractivity contribution in [2.24, 2.45) is 5.92 Å². The van der Waals surface area contributed by atoms with Crippen LogP contribution in [0.5, 0.6) is 17.2 Å². The molecule has 1 aliphatic carbocycles. The third kappa shape index (κ3) is 5.21. The Kier molecular flexibility index (Phi) is 8.28. The minimum atomic E-state index is -1.12. The zero-order chi connectivity index (χ0) is 28.3. The van der Waals surface area contributed by atoms with Gasteiger partial charge in [-0.2, -0.15) is 0 Å². The summed E-state index contributed by atoms with van der Waals surface area (Å²) in [6, 6.07) is 11.9. The number of aromatic hydroxyl groups is 1. The van der Waals surface area contributed by atoms with Gasteiger partial charge in [-0.15, -0.1) is 0 Å². The highest BCUT2D eigenvalue weighted by atomic mass is 16.5. The number of ketones is 1. The quantitative estimate of drug-likeness (QED) is 0.380. The Morgan fingerprint density at radius 3 is 2.26 bits per heavy atom. The van der Waals surface area contributed by atoms with E-state index in [1.165, 1.54) is 13.2 Å². The topological polar surface area (TPSA) is 120 Å². The lowest BCUT2D eigenvalue weighted by molar-refractivity contribution is -0.152. The molecular formula is C30H33NO8. The Balaban J connectivity index is 1.91. The van der Waals surface area contributed by atoms with E-state index in [2.05, 4.69) is 5.32 Å². The molecule has 2 aliphatic rings. The molecule has 0 aromatic heterocycles. The number of hydrogen-bond acceptors (Lipinski definition) is 9. The van der Waals surface area contributed by atoms with Crippen LogP contribution in [-0.4, -0.2) is 50.3 Å². The number of phenols is 1. The van der Waals surface area contributed by atoms with Crippen LogP contribution < -0.4 is 14.8 Å². The summed E-state index contributed by atoms with van der Waals surface area (Å²) in [6.45, 7) is 5.41. The molecule has 2 aromatic rings. The fourth-order valence-electron chi connectivity index (χ4n) is 5.39. The molecule has 0 fully saturated rings. The number of methoxy groups -OCH3 is 2. The van der Waals surface area contributed by atoms with Crippen molar-refractivity contribution in [1.29, 1.82) is 0 Å². The SMILES string of the molecule is CCOC(=O)C1=C(C)NC2=C(C(=O)[C@H](C(=O)OCC)[C@@H](c3ccc(OC)cc3)C2)[C@@H]1c1ccc(O)c(OC)c1. The normalized spacial score (nSPS) is 20.6. The number of esters is 2. The van der Waals surface area contributed by atoms with E-state index in [0.717, 1.165) is 5.56 Å². The van der Waals surface area contributed by atoms with Crippen LogP contribution in [0.2, 0.25) is 0 Å². The van der Waals surface area contributed by atoms with Gasteiger partial charge in [-0.1, -0.05) is 18.2 Å². The lowest BCUT2D eigenvalue weighted by atomic mass is 9.67. The number of phenolic OH excluding ortho intramolecular Hbond substituents is 1. The molecule has 0 bridgehead atoms. The first-order valence-electron chi connectivity index (χ1n) is 12.8. The van der Waals surface area contributed by atoms with Crippen molar-refractivity contribution >= 4 is 17.7 Å². The van der Waals surface area contributed by atoms with E-state index in [1.54, 1.807) is 52.1 Å². The van der Waals surface area contributed by atoms with Crippen molar-refractivity contribution in [1.82, 2.24) is 5.32 Å². The fraction of sp³-hybridized carbons (Fsp3) is 0.367. The summed E-state index contributed by atoms with van der Waals surface area (Å²) in [4.78, 5) is 40.9. The van der Waals surface area contributed by atoms with Crippen LogP contribution in [-0.2, 0) is 23.9 Å². The second kappa shape index (κ2) is 11.6. The van der Waals surface area contributed by atoms with E-state index >= 15 is 0 Å². The maximum absolute atomic E-state index is 14.3. The second-order valence-corrected chi connectivity index (χ2v) is 9.32. The Morgan fingerprint density at radius 2 is 1.64 bits per heavy atom. The standard InChI is InChI=1S/C30H33NO8/c1-6-38-29(34)24-16(3)31-21-15-20(17-8-11-19(36-4)12-9-17)26(30(35)39-7-2)28(33)27(21)25(24)18-10-13-22(32)23(14-18)37-5/h8-14,20,25-26,31-32H,6-7,15H2,1-5H3/t20-,25-,26-/m1/s1. The summed E-state index contributed by atoms with van der Waals surface area (Å²) >= 11 is 0. The van der Waals surface area contributed by atoms with Crippen molar-refractivity contribution in [3.05, 3.63) is 76.1 Å². The highest BCUT2D eigenvalue weighted by Crippen LogP contribution is 2.49. The number of ether oxygens (including phenoxy) is 4. The molecule has 206 valence electrons. The van der Waals surface area contributed by atoms with Gasteiger partial charge in [0.1, 0.15) is 11.7 Å². The van der Waals surface area contributed by atoms with Gasteiger partial charge in [-0.05, 0) is 62.6 Å². The molecule has 0 radical (unpaired) electrons. The van der Waals surface area contributed by atoms with Gasteiger partial charge >= 0.3 is 11.9 Å². The number of Topliss-reactive ketones (excluding diaryl/α,β-unsaturated/α-hetero) is 1. The third-order valence-electron chi connectivity index (χ3n) is 7.14. The summed E-state index contributed by atoms with van der Waals surface area (Å²) in [5.74, 6) is -3.35. The summed E-state index contributed by atoms with van der Waals surface area (Å²) in [6.07, 6.45) is 0.329. The highest BCUT2D eigenvalue weighted by molar-refractivity contribution is 6.13. The monoisotopic (exact) mass is 535 g/mol. The molecule has 0 amide bonds. The van der Waals surface area contributed by atoms with Crippen LogP contribution in [0, 0.1) is 5.92 Å². The predicted molar refractivity (Wildman–Crippen MR) is 142 cm³/mol. The largest absolute Gasteiger partial charge is 0.504 e. The molecule has 1 aliphatic heterocycles. The number of rotatable bonds is 8. The summed E-state index contributed by atoms with van der Waals surface area (Å²) in [7, 11) is 2.99. The zero-order valence-corrected chi connectivity index (χ0v) is 22.7. The summed E-state index contributed by atoms with van der Waals surface area (Å²) in [5, 5.41) is 13.5. The predicted octanol–water partition coefficient (Wildman–Crippen LogP) is 4.12. The highest BCUT2D eigenvalue weighted by Gasteiger charge is 2.49. The number of allylic oxidation sites excluding steroid dienone is 3. The van der Waals surface area contributed by atoms with Crippen molar-refractivity contribution in [2.45, 2.75) is 39.0 Å². The Hall–Kier alpha value is -4.27. The van der Waals surface area contributed by atoms with Crippen molar-refractivity contribution in [3.8, 4) is 17.2 Å². The molecule has 0 saturated carbocycles. The minimum absolute atomic E-state index is 0.0817. The maximum Gasteiger partial charge on any atom is 0.336 e. The first kappa shape index (κ1) is 27.8. The van der Waals surface area contributed by atoms with Crippen LogP contribution in [0.1, 0.15) is 50.2 Å². The number of nitrogens with one attached hydrogen (secondary N) is 1. The molecule has 39 heavy (non-hydrogen) atoms. The first-order valence-corrected chi connectivity index (χ1v) is 12.8. The molecule has 2 aromatic carbocycles. The van der Waals surface area contributed by atoms with E-state index < -0.39 is 35.5 Å². The van der Waals surface area contributed by atoms with Crippen LogP contribution in [0.3, 0.4) is 0 Å². The van der Waals surface area contributed by atoms with Crippen LogP contribution in [0.25, 0.3) is 0 Å². The Labute approximate surface area is 227 Å². The smallest absolute Gasteiger partial charge is 0.336 e. The van der Waals surface area contributed by atoms with Gasteiger partial charge in [-0.25, -0.2) is 4.79 Å². The van der Waals surface area contributed by atoms with Crippen LogP contribution >= 0.6 is 0 Å². The number of hydrogen-bond donors (Lipinski definition) is 2. The van der Waals surface area contributed by atoms with Crippen molar-refractivity contribution < 1.29 is 38.4 Å². The molecule has 1 heterocycles. The average molecular weight is 536 g/mol. The van der Waals surface area contributed by atoms with Crippen LogP contribution in [0.15, 0.2) is 65.0 Å². The van der Waals surface area contributed by atoms with Crippen molar-refractivity contribution in [3.63, 3.8) is 0 Å². The van der Waals surface area contributed by atoms with Gasteiger partial charge in [0, 0.05) is 28.8 Å². The van der Waals surface area contributed by atoms with Crippen molar-refractivity contribution in [2.75, 3.05) is 27.4 Å². The second-order valence-electron chi connectivity index (χ2n) is 9.32. The number of dihydropyridines is 1. The van der Waals surface area contributed by atoms with Gasteiger partial charge in [0.05, 0.1) is 33.0 Å². The molecule has 0 unspecified atom stereocenters. The summed E-state index contributed by atoms with van der Waals surface area (Å²) in [5.41, 5.74) is 3.03. The molecular weight excluding hydrogens is 502 g/mol. The fourth-order valence-corrected chi connectivity index (χ4v) is 5.39. The lowest BCUT2D eigenvalue weighted by Crippen LogP contribution is -2.43. The molecule has 3 atom stereocenters. The molecule has 9 heteroatoms. The number of carbonyl (C=O) groups excluding carboxylic acids is 3. The van der Waals surface area contributed by atoms with E-state index in [9.17, 15) is 19.5 Å². The summed E-state index contributed by atoms with van der Waals surface area (Å²) < 4.78 is 21.3. The first-order chi connectivity index (χ1) is 18.7. The van der Waals surface area contributed by atoms with E-state index in [4.69, 9.17) is 18.9 Å². The van der Waals surface area contributed by atoms with Gasteiger partial charge in [-0.3, -0.25) is 9.59 Å². The molecule has 0 spiro atoms. The van der Waals surface area contributed by atoms with Gasteiger partial charge in [0.2, 0.25) is 0 Å². The lowest BCUT2D eigenvalue weighted by Gasteiger charge is -2.39. The number of carbonyl (C=O) groups is 3. The average Bonchev–Trinajstić information content (AvgIpc) is 2.92. The molecule has 2 N–H and O–H groups in total. The van der Waals surface area contributed by atoms with Crippen LogP contribution in [0.4, 0.5) is 0 Å². The van der Waals surface area contributed by atoms with E-state index in [1.807, 2.05) is 12.1 Å². The Morgan fingerprint density at radius 1 is 0.974 bits per heavy atom. The van der Waals surface area contributed by atoms with E-state index in [0.29, 0.717) is 34.7 Å². The maximum atomic E-state index is 14.3.